The third kappa shape index (κ3) is 3.58. The van der Waals surface area contributed by atoms with E-state index >= 15 is 0 Å². The van der Waals surface area contributed by atoms with Gasteiger partial charge in [0, 0.05) is 30.5 Å². The minimum absolute atomic E-state index is 0.384. The zero-order valence-corrected chi connectivity index (χ0v) is 18.2. The molecule has 0 saturated heterocycles. The van der Waals surface area contributed by atoms with Crippen LogP contribution in [0.5, 0.6) is 0 Å². The first kappa shape index (κ1) is 19.7. The molecule has 8 nitrogen and oxygen atoms in total. The van der Waals surface area contributed by atoms with Gasteiger partial charge in [0.15, 0.2) is 0 Å². The number of nitrogens with zero attached hydrogens (tertiary/aromatic N) is 5. The number of aromatic nitrogens is 5. The maximum Gasteiger partial charge on any atom is 0.254 e. The minimum Gasteiger partial charge on any atom is -0.396 e. The zero-order chi connectivity index (χ0) is 21.4. The molecule has 0 bridgehead atoms. The molecule has 0 aliphatic rings. The number of fused-ring (bicyclic) bond motifs is 2. The first-order valence-electron chi connectivity index (χ1n) is 9.47. The Balaban J connectivity index is 1.73. The van der Waals surface area contributed by atoms with Crippen molar-refractivity contribution in [3.63, 3.8) is 0 Å². The average Bonchev–Trinajstić information content (AvgIpc) is 3.41. The van der Waals surface area contributed by atoms with Crippen molar-refractivity contribution in [3.8, 4) is 22.4 Å². The normalized spacial score (nSPS) is 12.5. The summed E-state index contributed by atoms with van der Waals surface area (Å²) in [5, 5.41) is 8.65. The Labute approximate surface area is 184 Å². The molecular formula is C21H18N6O2S2. The SMILES string of the molecule is COCC[S@](=O)c1sc2nc(-c3cnc4nncn4c3)cc(-c3ccccc3)c2c1N. The Hall–Kier alpha value is -3.21. The molecule has 0 unspecified atom stereocenters. The van der Waals surface area contributed by atoms with Crippen molar-refractivity contribution in [2.45, 2.75) is 4.21 Å². The van der Waals surface area contributed by atoms with Crippen LogP contribution in [0.15, 0.2) is 59.3 Å². The second-order valence-electron chi connectivity index (χ2n) is 6.83. The van der Waals surface area contributed by atoms with Crippen LogP contribution in [0.2, 0.25) is 0 Å². The Morgan fingerprint density at radius 1 is 1.23 bits per heavy atom. The first-order valence-corrected chi connectivity index (χ1v) is 11.6. The topological polar surface area (TPSA) is 108 Å². The van der Waals surface area contributed by atoms with E-state index in [4.69, 9.17) is 15.5 Å². The van der Waals surface area contributed by atoms with Gasteiger partial charge < -0.3 is 10.5 Å². The van der Waals surface area contributed by atoms with Crippen molar-refractivity contribution in [1.29, 1.82) is 0 Å². The van der Waals surface area contributed by atoms with Gasteiger partial charge >= 0.3 is 0 Å². The lowest BCUT2D eigenvalue weighted by molar-refractivity contribution is 0.218. The van der Waals surface area contributed by atoms with E-state index in [1.165, 1.54) is 11.3 Å². The maximum atomic E-state index is 12.8. The Morgan fingerprint density at radius 2 is 2.06 bits per heavy atom. The molecule has 4 aromatic heterocycles. The first-order chi connectivity index (χ1) is 15.2. The lowest BCUT2D eigenvalue weighted by atomic mass is 10.0. The van der Waals surface area contributed by atoms with Crippen LogP contribution >= 0.6 is 11.3 Å². The largest absolute Gasteiger partial charge is 0.396 e. The van der Waals surface area contributed by atoms with Crippen LogP contribution in [0.1, 0.15) is 0 Å². The van der Waals surface area contributed by atoms with Gasteiger partial charge in [0.2, 0.25) is 0 Å². The summed E-state index contributed by atoms with van der Waals surface area (Å²) >= 11 is 1.36. The number of thiophene rings is 1. The molecule has 0 spiro atoms. The number of nitrogens with two attached hydrogens (primary N) is 1. The summed E-state index contributed by atoms with van der Waals surface area (Å²) in [6, 6.07) is 12.0. The van der Waals surface area contributed by atoms with Gasteiger partial charge in [0.25, 0.3) is 5.78 Å². The monoisotopic (exact) mass is 450 g/mol. The quantitative estimate of drug-likeness (QED) is 0.422. The molecule has 5 aromatic rings. The minimum atomic E-state index is -1.26. The summed E-state index contributed by atoms with van der Waals surface area (Å²) in [4.78, 5) is 9.93. The van der Waals surface area contributed by atoms with Gasteiger partial charge in [-0.1, -0.05) is 30.3 Å². The second kappa shape index (κ2) is 8.14. The van der Waals surface area contributed by atoms with Gasteiger partial charge in [0.1, 0.15) is 15.4 Å². The number of ether oxygens (including phenoxy) is 1. The Morgan fingerprint density at radius 3 is 2.87 bits per heavy atom. The van der Waals surface area contributed by atoms with Gasteiger partial charge in [-0.05, 0) is 17.2 Å². The molecule has 0 fully saturated rings. The van der Waals surface area contributed by atoms with E-state index in [2.05, 4.69) is 15.2 Å². The fourth-order valence-corrected chi connectivity index (χ4v) is 5.94. The smallest absolute Gasteiger partial charge is 0.254 e. The molecule has 2 N–H and O–H groups in total. The summed E-state index contributed by atoms with van der Waals surface area (Å²) in [6.07, 6.45) is 5.21. The molecule has 31 heavy (non-hydrogen) atoms. The number of hydrogen-bond acceptors (Lipinski definition) is 8. The summed E-state index contributed by atoms with van der Waals surface area (Å²) in [5.74, 6) is 0.902. The predicted molar refractivity (Wildman–Crippen MR) is 122 cm³/mol. The number of anilines is 1. The number of nitrogen functional groups attached to an aromatic ring is 1. The van der Waals surface area contributed by atoms with E-state index in [1.807, 2.05) is 42.6 Å². The number of rotatable bonds is 6. The van der Waals surface area contributed by atoms with Gasteiger partial charge in [-0.2, -0.15) is 0 Å². The van der Waals surface area contributed by atoms with Crippen LogP contribution in [0.3, 0.4) is 0 Å². The molecule has 1 atom stereocenters. The van der Waals surface area contributed by atoms with Crippen LogP contribution in [-0.2, 0) is 15.5 Å². The summed E-state index contributed by atoms with van der Waals surface area (Å²) < 4.78 is 20.3. The predicted octanol–water partition coefficient (Wildman–Crippen LogP) is 3.40. The molecule has 5 rings (SSSR count). The highest BCUT2D eigenvalue weighted by molar-refractivity contribution is 7.87. The third-order valence-electron chi connectivity index (χ3n) is 4.88. The van der Waals surface area contributed by atoms with E-state index in [9.17, 15) is 4.21 Å². The number of methoxy groups -OCH3 is 1. The summed E-state index contributed by atoms with van der Waals surface area (Å²) in [6.45, 7) is 0.398. The lowest BCUT2D eigenvalue weighted by Crippen LogP contribution is -2.04. The van der Waals surface area contributed by atoms with Gasteiger partial charge in [-0.3, -0.25) is 8.61 Å². The molecule has 10 heteroatoms. The van der Waals surface area contributed by atoms with Crippen molar-refractivity contribution < 1.29 is 8.95 Å². The van der Waals surface area contributed by atoms with Crippen LogP contribution in [0.25, 0.3) is 38.4 Å². The average molecular weight is 451 g/mol. The lowest BCUT2D eigenvalue weighted by Gasteiger charge is -2.09. The van der Waals surface area contributed by atoms with E-state index in [0.29, 0.717) is 28.0 Å². The molecule has 0 radical (unpaired) electrons. The van der Waals surface area contributed by atoms with Gasteiger partial charge in [-0.15, -0.1) is 21.5 Å². The van der Waals surface area contributed by atoms with Crippen LogP contribution in [0.4, 0.5) is 5.69 Å². The molecule has 156 valence electrons. The van der Waals surface area contributed by atoms with E-state index in [-0.39, 0.29) is 0 Å². The van der Waals surface area contributed by atoms with Crippen molar-refractivity contribution in [2.24, 2.45) is 0 Å². The van der Waals surface area contributed by atoms with E-state index < -0.39 is 10.8 Å². The molecule has 0 aliphatic carbocycles. The molecule has 0 saturated carbocycles. The Bertz CT molecular complexity index is 1410. The van der Waals surface area contributed by atoms with Gasteiger partial charge in [0.05, 0.1) is 34.5 Å². The number of benzene rings is 1. The maximum absolute atomic E-state index is 12.8. The third-order valence-corrected chi connectivity index (χ3v) is 7.75. The van der Waals surface area contributed by atoms with Gasteiger partial charge in [-0.25, -0.2) is 9.97 Å². The molecule has 1 aromatic carbocycles. The van der Waals surface area contributed by atoms with Crippen LogP contribution in [-0.4, -0.2) is 48.2 Å². The van der Waals surface area contributed by atoms with Crippen LogP contribution < -0.4 is 5.73 Å². The van der Waals surface area contributed by atoms with Crippen LogP contribution in [0, 0.1) is 0 Å². The van der Waals surface area contributed by atoms with Crippen molar-refractivity contribution >= 4 is 43.8 Å². The van der Waals surface area contributed by atoms with Crippen molar-refractivity contribution in [1.82, 2.24) is 24.6 Å². The van der Waals surface area contributed by atoms with Crippen molar-refractivity contribution in [2.75, 3.05) is 25.2 Å². The van der Waals surface area contributed by atoms with Crippen molar-refractivity contribution in [3.05, 3.63) is 55.1 Å². The summed E-state index contributed by atoms with van der Waals surface area (Å²) in [7, 11) is 0.330. The number of pyridine rings is 1. The molecular weight excluding hydrogens is 432 g/mol. The second-order valence-corrected chi connectivity index (χ2v) is 9.59. The van der Waals surface area contributed by atoms with E-state index in [1.54, 1.807) is 24.0 Å². The fourth-order valence-electron chi connectivity index (χ4n) is 3.38. The zero-order valence-electron chi connectivity index (χ0n) is 16.6. The number of hydrogen-bond donors (Lipinski definition) is 1. The highest BCUT2D eigenvalue weighted by Crippen LogP contribution is 2.42. The molecule has 4 heterocycles. The fraction of sp³-hybridized carbons (Fsp3) is 0.143. The molecule has 0 amide bonds. The standard InChI is InChI=1S/C21H18N6O2S2/c1-29-7-8-31(28)20-18(22)17-15(13-5-3-2-4-6-13)9-16(25-19(17)30-20)14-10-23-21-26-24-12-27(21)11-14/h2-6,9-12H,7-8,22H2,1H3/t31-/m0/s1. The summed E-state index contributed by atoms with van der Waals surface area (Å²) in [5.41, 5.74) is 10.5. The Kier molecular flexibility index (Phi) is 5.18. The van der Waals surface area contributed by atoms with E-state index in [0.717, 1.165) is 32.6 Å². The molecule has 0 aliphatic heterocycles. The highest BCUT2D eigenvalue weighted by atomic mass is 32.2. The highest BCUT2D eigenvalue weighted by Gasteiger charge is 2.21.